The maximum atomic E-state index is 14.0. The first-order valence-corrected chi connectivity index (χ1v) is 14.9. The molecule has 3 aromatic rings. The Morgan fingerprint density at radius 1 is 0.949 bits per heavy atom. The standard InChI is InChI=1S/C30H36BrN3O4S/c1-21-12-10-17-27(22(21)2)34(39(37,38)26-15-8-7-9-16-26)20-28(35)33(19-24-13-11-14-25(31)18-24)23(3)29(36)32-30(4,5)6/h7-18,23H,19-20H2,1-6H3,(H,32,36)/t23-/m1/s1. The van der Waals surface area contributed by atoms with E-state index in [1.54, 1.807) is 37.3 Å². The van der Waals surface area contributed by atoms with E-state index in [0.717, 1.165) is 25.5 Å². The molecule has 0 spiro atoms. The minimum Gasteiger partial charge on any atom is -0.350 e. The van der Waals surface area contributed by atoms with Crippen molar-refractivity contribution in [2.45, 2.75) is 64.6 Å². The molecule has 0 unspecified atom stereocenters. The van der Waals surface area contributed by atoms with Gasteiger partial charge in [-0.05, 0) is 88.6 Å². The van der Waals surface area contributed by atoms with Crippen molar-refractivity contribution in [1.82, 2.24) is 10.2 Å². The Morgan fingerprint density at radius 3 is 2.21 bits per heavy atom. The third-order valence-electron chi connectivity index (χ3n) is 6.36. The second-order valence-electron chi connectivity index (χ2n) is 10.6. The predicted molar refractivity (Wildman–Crippen MR) is 159 cm³/mol. The van der Waals surface area contributed by atoms with Crippen molar-refractivity contribution in [3.05, 3.63) is 94.0 Å². The Balaban J connectivity index is 2.07. The van der Waals surface area contributed by atoms with Crippen LogP contribution in [0.2, 0.25) is 0 Å². The fourth-order valence-corrected chi connectivity index (χ4v) is 6.07. The largest absolute Gasteiger partial charge is 0.350 e. The summed E-state index contributed by atoms with van der Waals surface area (Å²) in [4.78, 5) is 28.7. The topological polar surface area (TPSA) is 86.8 Å². The summed E-state index contributed by atoms with van der Waals surface area (Å²) in [7, 11) is -4.10. The number of sulfonamides is 1. The van der Waals surface area contributed by atoms with Crippen molar-refractivity contribution >= 4 is 43.5 Å². The number of halogens is 1. The van der Waals surface area contributed by atoms with Gasteiger partial charge in [-0.2, -0.15) is 0 Å². The zero-order chi connectivity index (χ0) is 29.0. The van der Waals surface area contributed by atoms with Crippen molar-refractivity contribution in [3.63, 3.8) is 0 Å². The quantitative estimate of drug-likeness (QED) is 0.341. The highest BCUT2D eigenvalue weighted by atomic mass is 79.9. The van der Waals surface area contributed by atoms with E-state index < -0.39 is 34.1 Å². The smallest absolute Gasteiger partial charge is 0.264 e. The molecular weight excluding hydrogens is 578 g/mol. The molecule has 0 saturated heterocycles. The van der Waals surface area contributed by atoms with Gasteiger partial charge in [0.05, 0.1) is 10.6 Å². The molecule has 0 aliphatic carbocycles. The van der Waals surface area contributed by atoms with Crippen molar-refractivity contribution in [1.29, 1.82) is 0 Å². The molecule has 3 rings (SSSR count). The molecule has 3 aromatic carbocycles. The summed E-state index contributed by atoms with van der Waals surface area (Å²) >= 11 is 3.46. The number of anilines is 1. The predicted octanol–water partition coefficient (Wildman–Crippen LogP) is 5.59. The molecule has 0 aliphatic heterocycles. The number of rotatable bonds is 9. The average molecular weight is 615 g/mol. The van der Waals surface area contributed by atoms with Crippen molar-refractivity contribution < 1.29 is 18.0 Å². The summed E-state index contributed by atoms with van der Waals surface area (Å²) in [6.45, 7) is 10.6. The van der Waals surface area contributed by atoms with Crippen LogP contribution in [0.5, 0.6) is 0 Å². The van der Waals surface area contributed by atoms with E-state index in [1.165, 1.54) is 17.0 Å². The Morgan fingerprint density at radius 2 is 1.59 bits per heavy atom. The molecule has 0 fully saturated rings. The number of carbonyl (C=O) groups excluding carboxylic acids is 2. The van der Waals surface area contributed by atoms with Crippen LogP contribution in [0.4, 0.5) is 5.69 Å². The van der Waals surface area contributed by atoms with Gasteiger partial charge in [0.15, 0.2) is 0 Å². The van der Waals surface area contributed by atoms with Crippen LogP contribution in [-0.2, 0) is 26.2 Å². The molecule has 7 nitrogen and oxygen atoms in total. The highest BCUT2D eigenvalue weighted by molar-refractivity contribution is 9.10. The van der Waals surface area contributed by atoms with Gasteiger partial charge >= 0.3 is 0 Å². The molecule has 208 valence electrons. The second kappa shape index (κ2) is 12.3. The molecule has 0 aromatic heterocycles. The van der Waals surface area contributed by atoms with E-state index in [0.29, 0.717) is 5.69 Å². The van der Waals surface area contributed by atoms with Gasteiger partial charge in [0.25, 0.3) is 10.0 Å². The lowest BCUT2D eigenvalue weighted by Crippen LogP contribution is -2.54. The number of carbonyl (C=O) groups is 2. The number of hydrogen-bond acceptors (Lipinski definition) is 4. The molecule has 0 radical (unpaired) electrons. The summed E-state index contributed by atoms with van der Waals surface area (Å²) in [6, 6.07) is 20.0. The molecule has 39 heavy (non-hydrogen) atoms. The molecule has 0 bridgehead atoms. The van der Waals surface area contributed by atoms with E-state index in [2.05, 4.69) is 21.2 Å². The summed E-state index contributed by atoms with van der Waals surface area (Å²) in [5.41, 5.74) is 2.37. The van der Waals surface area contributed by atoms with Crippen LogP contribution in [0.15, 0.2) is 82.2 Å². The van der Waals surface area contributed by atoms with Crippen LogP contribution in [0.3, 0.4) is 0 Å². The molecular formula is C30H36BrN3O4S. The molecule has 1 atom stereocenters. The Bertz CT molecular complexity index is 1440. The van der Waals surface area contributed by atoms with E-state index in [4.69, 9.17) is 0 Å². The van der Waals surface area contributed by atoms with Crippen LogP contribution >= 0.6 is 15.9 Å². The fraction of sp³-hybridized carbons (Fsp3) is 0.333. The lowest BCUT2D eigenvalue weighted by atomic mass is 10.1. The molecule has 9 heteroatoms. The van der Waals surface area contributed by atoms with Gasteiger partial charge < -0.3 is 10.2 Å². The average Bonchev–Trinajstić information content (AvgIpc) is 2.86. The maximum absolute atomic E-state index is 14.0. The SMILES string of the molecule is Cc1cccc(N(CC(=O)N(Cc2cccc(Br)c2)[C@H](C)C(=O)NC(C)(C)C)S(=O)(=O)c2ccccc2)c1C. The van der Waals surface area contributed by atoms with E-state index >= 15 is 0 Å². The van der Waals surface area contributed by atoms with Crippen LogP contribution in [0, 0.1) is 13.8 Å². The van der Waals surface area contributed by atoms with Crippen LogP contribution < -0.4 is 9.62 Å². The lowest BCUT2D eigenvalue weighted by Gasteiger charge is -2.34. The van der Waals surface area contributed by atoms with E-state index in [-0.39, 0.29) is 17.3 Å². The van der Waals surface area contributed by atoms with E-state index in [1.807, 2.05) is 65.0 Å². The van der Waals surface area contributed by atoms with Crippen molar-refractivity contribution in [2.75, 3.05) is 10.8 Å². The van der Waals surface area contributed by atoms with Gasteiger partial charge in [0, 0.05) is 16.6 Å². The number of hydrogen-bond donors (Lipinski definition) is 1. The first-order valence-electron chi connectivity index (χ1n) is 12.7. The minimum absolute atomic E-state index is 0.0794. The zero-order valence-corrected chi connectivity index (χ0v) is 25.6. The van der Waals surface area contributed by atoms with Gasteiger partial charge in [0.2, 0.25) is 11.8 Å². The molecule has 0 heterocycles. The Hall–Kier alpha value is -3.17. The highest BCUT2D eigenvalue weighted by Crippen LogP contribution is 2.29. The molecule has 2 amide bonds. The minimum atomic E-state index is -4.10. The first-order chi connectivity index (χ1) is 18.2. The third kappa shape index (κ3) is 7.70. The third-order valence-corrected chi connectivity index (χ3v) is 8.63. The van der Waals surface area contributed by atoms with Gasteiger partial charge in [0.1, 0.15) is 12.6 Å². The fourth-order valence-electron chi connectivity index (χ4n) is 4.13. The van der Waals surface area contributed by atoms with Crippen molar-refractivity contribution in [2.24, 2.45) is 0 Å². The normalized spacial score (nSPS) is 12.5. The number of nitrogens with one attached hydrogen (secondary N) is 1. The van der Waals surface area contributed by atoms with Crippen LogP contribution in [-0.4, -0.2) is 43.3 Å². The Kier molecular flexibility index (Phi) is 9.61. The lowest BCUT2D eigenvalue weighted by molar-refractivity contribution is -0.140. The van der Waals surface area contributed by atoms with Gasteiger partial charge in [-0.25, -0.2) is 8.42 Å². The number of amides is 2. The number of nitrogens with zero attached hydrogens (tertiary/aromatic N) is 2. The van der Waals surface area contributed by atoms with Crippen LogP contribution in [0.25, 0.3) is 0 Å². The van der Waals surface area contributed by atoms with Crippen molar-refractivity contribution in [3.8, 4) is 0 Å². The summed E-state index contributed by atoms with van der Waals surface area (Å²) in [5.74, 6) is -0.818. The van der Waals surface area contributed by atoms with E-state index in [9.17, 15) is 18.0 Å². The summed E-state index contributed by atoms with van der Waals surface area (Å²) in [5, 5.41) is 2.94. The van der Waals surface area contributed by atoms with Gasteiger partial charge in [-0.15, -0.1) is 0 Å². The number of benzene rings is 3. The molecule has 1 N–H and O–H groups in total. The Labute approximate surface area is 240 Å². The summed E-state index contributed by atoms with van der Waals surface area (Å²) in [6.07, 6.45) is 0. The zero-order valence-electron chi connectivity index (χ0n) is 23.2. The summed E-state index contributed by atoms with van der Waals surface area (Å²) < 4.78 is 29.8. The second-order valence-corrected chi connectivity index (χ2v) is 13.4. The monoisotopic (exact) mass is 613 g/mol. The molecule has 0 aliphatic rings. The first kappa shape index (κ1) is 30.4. The van der Waals surface area contributed by atoms with Gasteiger partial charge in [-0.1, -0.05) is 58.4 Å². The molecule has 0 saturated carbocycles. The van der Waals surface area contributed by atoms with Gasteiger partial charge in [-0.3, -0.25) is 13.9 Å². The van der Waals surface area contributed by atoms with Crippen LogP contribution in [0.1, 0.15) is 44.4 Å². The maximum Gasteiger partial charge on any atom is 0.264 e. The number of aryl methyl sites for hydroxylation is 1. The highest BCUT2D eigenvalue weighted by Gasteiger charge is 2.34.